The van der Waals surface area contributed by atoms with Gasteiger partial charge in [-0.2, -0.15) is 0 Å². The van der Waals surface area contributed by atoms with Crippen LogP contribution in [-0.4, -0.2) is 23.0 Å². The number of carbonyl (C=O) groups is 2. The highest BCUT2D eigenvalue weighted by Gasteiger charge is 2.26. The van der Waals surface area contributed by atoms with E-state index in [1.165, 1.54) is 36.5 Å². The topological polar surface area (TPSA) is 66.4 Å². The van der Waals surface area contributed by atoms with E-state index in [0.717, 1.165) is 11.1 Å². The molecule has 0 aromatic heterocycles. The Hall–Kier alpha value is -2.36. The lowest BCUT2D eigenvalue weighted by atomic mass is 9.72. The number of aliphatic carboxylic acids is 1. The minimum atomic E-state index is -1.00. The zero-order valence-corrected chi connectivity index (χ0v) is 19.7. The third-order valence-electron chi connectivity index (χ3n) is 5.45. The Bertz CT molecular complexity index is 776. The Morgan fingerprint density at radius 3 is 2.40 bits per heavy atom. The second-order valence-corrected chi connectivity index (χ2v) is 9.45. The Morgan fingerprint density at radius 1 is 1.17 bits per heavy atom. The Morgan fingerprint density at radius 2 is 1.83 bits per heavy atom. The van der Waals surface area contributed by atoms with Crippen LogP contribution in [0.2, 0.25) is 0 Å². The smallest absolute Gasteiger partial charge is 0.326 e. The van der Waals surface area contributed by atoms with Crippen molar-refractivity contribution >= 4 is 11.9 Å². The Kier molecular flexibility index (Phi) is 10.0. The molecular weight excluding hydrogens is 374 g/mol. The highest BCUT2D eigenvalue weighted by molar-refractivity contribution is 5.91. The molecule has 0 bridgehead atoms. The van der Waals surface area contributed by atoms with Gasteiger partial charge in [-0.25, -0.2) is 4.79 Å². The van der Waals surface area contributed by atoms with Gasteiger partial charge in [-0.3, -0.25) is 4.79 Å². The maximum atomic E-state index is 12.1. The lowest BCUT2D eigenvalue weighted by Crippen LogP contribution is -2.40. The van der Waals surface area contributed by atoms with Crippen LogP contribution >= 0.6 is 0 Å². The summed E-state index contributed by atoms with van der Waals surface area (Å²) in [6, 6.07) is -0.861. The lowest BCUT2D eigenvalue weighted by molar-refractivity contribution is -0.141. The van der Waals surface area contributed by atoms with Gasteiger partial charge < -0.3 is 10.4 Å². The third kappa shape index (κ3) is 8.98. The van der Waals surface area contributed by atoms with E-state index in [-0.39, 0.29) is 17.2 Å². The van der Waals surface area contributed by atoms with Crippen LogP contribution in [0.5, 0.6) is 0 Å². The minimum Gasteiger partial charge on any atom is -0.480 e. The van der Waals surface area contributed by atoms with Gasteiger partial charge in [0.15, 0.2) is 0 Å². The molecular formula is C26H39NO3. The first kappa shape index (κ1) is 25.7. The minimum absolute atomic E-state index is 0.191. The van der Waals surface area contributed by atoms with Crippen LogP contribution in [0.15, 0.2) is 58.7 Å². The van der Waals surface area contributed by atoms with Crippen molar-refractivity contribution in [3.05, 3.63) is 58.7 Å². The number of amides is 1. The van der Waals surface area contributed by atoms with E-state index >= 15 is 0 Å². The van der Waals surface area contributed by atoms with Crippen LogP contribution in [0.1, 0.15) is 74.1 Å². The van der Waals surface area contributed by atoms with Gasteiger partial charge in [0.25, 0.3) is 0 Å². The van der Waals surface area contributed by atoms with Crippen LogP contribution in [0, 0.1) is 11.3 Å². The zero-order valence-electron chi connectivity index (χ0n) is 19.7. The first-order valence-electron chi connectivity index (χ1n) is 10.9. The van der Waals surface area contributed by atoms with Crippen molar-refractivity contribution in [2.75, 3.05) is 0 Å². The van der Waals surface area contributed by atoms with E-state index in [9.17, 15) is 14.7 Å². The van der Waals surface area contributed by atoms with E-state index in [1.807, 2.05) is 39.0 Å². The van der Waals surface area contributed by atoms with Crippen LogP contribution in [0.4, 0.5) is 0 Å². The molecule has 0 aliphatic heterocycles. The molecule has 0 saturated carbocycles. The van der Waals surface area contributed by atoms with Gasteiger partial charge >= 0.3 is 5.97 Å². The van der Waals surface area contributed by atoms with Crippen molar-refractivity contribution in [3.63, 3.8) is 0 Å². The maximum Gasteiger partial charge on any atom is 0.326 e. The SMILES string of the molecule is CC1=C(/C=C/C(C)=C/C=C/C(C)=C\C(=O)NC(CC(C)C)C(=O)O)C(C)(C)CCC1. The monoisotopic (exact) mass is 413 g/mol. The fourth-order valence-corrected chi connectivity index (χ4v) is 3.79. The Labute approximate surface area is 182 Å². The summed E-state index contributed by atoms with van der Waals surface area (Å²) in [7, 11) is 0. The van der Waals surface area contributed by atoms with Gasteiger partial charge in [-0.15, -0.1) is 0 Å². The molecule has 1 aliphatic carbocycles. The largest absolute Gasteiger partial charge is 0.480 e. The molecule has 166 valence electrons. The van der Waals surface area contributed by atoms with E-state index in [4.69, 9.17) is 0 Å². The molecule has 1 unspecified atom stereocenters. The van der Waals surface area contributed by atoms with Gasteiger partial charge in [-0.1, -0.05) is 69.2 Å². The maximum absolute atomic E-state index is 12.1. The summed E-state index contributed by atoms with van der Waals surface area (Å²) in [5.41, 5.74) is 5.04. The number of carbonyl (C=O) groups excluding carboxylic acids is 1. The number of carboxylic acids is 1. The van der Waals surface area contributed by atoms with Gasteiger partial charge in [-0.05, 0) is 68.9 Å². The second kappa shape index (κ2) is 11.7. The summed E-state index contributed by atoms with van der Waals surface area (Å²) in [6.45, 7) is 14.6. The normalized spacial score (nSPS) is 19.1. The highest BCUT2D eigenvalue weighted by atomic mass is 16.4. The molecule has 0 fully saturated rings. The number of hydrogen-bond acceptors (Lipinski definition) is 2. The molecule has 0 spiro atoms. The number of carboxylic acid groups (broad SMARTS) is 1. The fourth-order valence-electron chi connectivity index (χ4n) is 3.79. The van der Waals surface area contributed by atoms with Crippen molar-refractivity contribution in [1.82, 2.24) is 5.32 Å². The summed E-state index contributed by atoms with van der Waals surface area (Å²) in [6.07, 6.45) is 15.7. The summed E-state index contributed by atoms with van der Waals surface area (Å²) in [4.78, 5) is 23.4. The quantitative estimate of drug-likeness (QED) is 0.353. The molecule has 2 N–H and O–H groups in total. The number of allylic oxidation sites excluding steroid dienone is 9. The van der Waals surface area contributed by atoms with E-state index in [2.05, 4.69) is 45.2 Å². The van der Waals surface area contributed by atoms with Crippen molar-refractivity contribution in [3.8, 4) is 0 Å². The highest BCUT2D eigenvalue weighted by Crippen LogP contribution is 2.40. The summed E-state index contributed by atoms with van der Waals surface area (Å²) in [5.74, 6) is -1.19. The third-order valence-corrected chi connectivity index (χ3v) is 5.45. The lowest BCUT2D eigenvalue weighted by Gasteiger charge is -2.32. The second-order valence-electron chi connectivity index (χ2n) is 9.45. The van der Waals surface area contributed by atoms with Crippen molar-refractivity contribution in [2.45, 2.75) is 80.2 Å². The van der Waals surface area contributed by atoms with Crippen molar-refractivity contribution in [2.24, 2.45) is 11.3 Å². The zero-order chi connectivity index (χ0) is 22.9. The van der Waals surface area contributed by atoms with Crippen LogP contribution < -0.4 is 5.32 Å². The first-order chi connectivity index (χ1) is 13.9. The molecule has 1 rings (SSSR count). The first-order valence-corrected chi connectivity index (χ1v) is 10.9. The molecule has 4 heteroatoms. The van der Waals surface area contributed by atoms with Gasteiger partial charge in [0.1, 0.15) is 6.04 Å². The van der Waals surface area contributed by atoms with Gasteiger partial charge in [0.05, 0.1) is 0 Å². The van der Waals surface area contributed by atoms with Gasteiger partial charge in [0.2, 0.25) is 5.91 Å². The molecule has 0 aromatic carbocycles. The summed E-state index contributed by atoms with van der Waals surface area (Å²) < 4.78 is 0. The number of hydrogen-bond donors (Lipinski definition) is 2. The number of nitrogens with one attached hydrogen (secondary N) is 1. The Balaban J connectivity index is 2.73. The van der Waals surface area contributed by atoms with Crippen molar-refractivity contribution in [1.29, 1.82) is 0 Å². The van der Waals surface area contributed by atoms with E-state index in [1.54, 1.807) is 0 Å². The van der Waals surface area contributed by atoms with Crippen LogP contribution in [0.25, 0.3) is 0 Å². The molecule has 1 aliphatic rings. The molecule has 0 aromatic rings. The fraction of sp³-hybridized carbons (Fsp3) is 0.538. The average Bonchev–Trinajstić information content (AvgIpc) is 2.59. The average molecular weight is 414 g/mol. The van der Waals surface area contributed by atoms with Crippen LogP contribution in [0.3, 0.4) is 0 Å². The predicted molar refractivity (Wildman–Crippen MR) is 125 cm³/mol. The van der Waals surface area contributed by atoms with E-state index in [0.29, 0.717) is 6.42 Å². The standard InChI is InChI=1S/C26H39NO3/c1-18(2)16-23(25(29)30)27-24(28)17-20(4)11-8-10-19(3)13-14-22-21(5)12-9-15-26(22,6)7/h8,10-11,13-14,17-18,23H,9,12,15-16H2,1-7H3,(H,27,28)(H,29,30)/b11-8+,14-13+,19-10+,20-17-. The molecule has 0 radical (unpaired) electrons. The molecule has 30 heavy (non-hydrogen) atoms. The van der Waals surface area contributed by atoms with Gasteiger partial charge in [0, 0.05) is 6.08 Å². The molecule has 1 atom stereocenters. The molecule has 1 amide bonds. The number of rotatable bonds is 9. The van der Waals surface area contributed by atoms with Crippen LogP contribution in [-0.2, 0) is 9.59 Å². The van der Waals surface area contributed by atoms with Crippen molar-refractivity contribution < 1.29 is 14.7 Å². The summed E-state index contributed by atoms with van der Waals surface area (Å²) in [5, 5.41) is 11.8. The summed E-state index contributed by atoms with van der Waals surface area (Å²) >= 11 is 0. The molecule has 0 heterocycles. The molecule has 0 saturated heterocycles. The van der Waals surface area contributed by atoms with E-state index < -0.39 is 12.0 Å². The predicted octanol–water partition coefficient (Wildman–Crippen LogP) is 6.13. The molecule has 4 nitrogen and oxygen atoms in total.